The van der Waals surface area contributed by atoms with E-state index in [1.165, 1.54) is 6.08 Å². The lowest BCUT2D eigenvalue weighted by Gasteiger charge is -2.38. The number of hydrogen-bond acceptors (Lipinski definition) is 5. The van der Waals surface area contributed by atoms with E-state index in [-0.39, 0.29) is 12.1 Å². The molecule has 0 rings (SSSR count). The second-order valence-electron chi connectivity index (χ2n) is 5.09. The molecule has 0 saturated heterocycles. The summed E-state index contributed by atoms with van der Waals surface area (Å²) < 4.78 is 37.6. The van der Waals surface area contributed by atoms with Crippen LogP contribution in [0.5, 0.6) is 0 Å². The molecule has 1 atom stereocenters. The van der Waals surface area contributed by atoms with Crippen LogP contribution < -0.4 is 0 Å². The van der Waals surface area contributed by atoms with Crippen molar-refractivity contribution in [1.82, 2.24) is 0 Å². The number of ether oxygens (including phenoxy) is 1. The average Bonchev–Trinajstić information content (AvgIpc) is 2.42. The van der Waals surface area contributed by atoms with E-state index in [1.807, 2.05) is 13.8 Å². The van der Waals surface area contributed by atoms with Crippen molar-refractivity contribution in [3.63, 3.8) is 0 Å². The summed E-state index contributed by atoms with van der Waals surface area (Å²) >= 11 is 0. The van der Waals surface area contributed by atoms with Crippen LogP contribution in [-0.4, -0.2) is 66.9 Å². The highest BCUT2D eigenvalue weighted by molar-refractivity contribution is 7.86. The maximum atomic E-state index is 11.4. The van der Waals surface area contributed by atoms with Crippen LogP contribution in [0.1, 0.15) is 34.1 Å². The van der Waals surface area contributed by atoms with Crippen LogP contribution >= 0.6 is 0 Å². The number of quaternary nitrogens is 1. The Morgan fingerprint density at radius 1 is 1.27 bits per heavy atom. The Bertz CT molecular complexity index is 442. The summed E-state index contributed by atoms with van der Waals surface area (Å²) in [6, 6.07) is 0. The molecule has 0 aromatic rings. The zero-order chi connectivity index (χ0) is 16.5. The largest absolute Gasteiger partial charge is 0.870 e. The second kappa shape index (κ2) is 10.7. The van der Waals surface area contributed by atoms with Gasteiger partial charge in [0.2, 0.25) is 0 Å². The first kappa shape index (κ1) is 23.3. The second-order valence-corrected chi connectivity index (χ2v) is 6.79. The van der Waals surface area contributed by atoms with Crippen molar-refractivity contribution >= 4 is 16.1 Å². The van der Waals surface area contributed by atoms with Gasteiger partial charge in [0.15, 0.2) is 0 Å². The molecule has 0 amide bonds. The summed E-state index contributed by atoms with van der Waals surface area (Å²) in [6.07, 6.45) is 3.31. The molecule has 0 bridgehead atoms. The third kappa shape index (κ3) is 7.88. The van der Waals surface area contributed by atoms with Crippen molar-refractivity contribution in [2.45, 2.75) is 39.4 Å². The van der Waals surface area contributed by atoms with E-state index in [0.29, 0.717) is 37.1 Å². The predicted octanol–water partition coefficient (Wildman–Crippen LogP) is 1.45. The molecule has 0 heterocycles. The molecule has 0 saturated carbocycles. The van der Waals surface area contributed by atoms with E-state index < -0.39 is 21.3 Å². The van der Waals surface area contributed by atoms with Crippen molar-refractivity contribution < 1.29 is 32.5 Å². The standard InChI is InChI=1S/C14H27NO5S.H2O/c1-5-9-14(16)20-11-10-15(7-3,8-4)12-13(6-2)21(17,18)19;/h5,9,13H,6-8,10-12H2,1-4H3;1H2. The van der Waals surface area contributed by atoms with E-state index in [2.05, 4.69) is 0 Å². The number of esters is 1. The highest BCUT2D eigenvalue weighted by atomic mass is 32.2. The average molecular weight is 339 g/mol. The predicted molar refractivity (Wildman–Crippen MR) is 84.4 cm³/mol. The third-order valence-corrected chi connectivity index (χ3v) is 5.25. The van der Waals surface area contributed by atoms with Crippen LogP contribution in [0.25, 0.3) is 0 Å². The fourth-order valence-corrected chi connectivity index (χ4v) is 3.21. The monoisotopic (exact) mass is 339 g/mol. The summed E-state index contributed by atoms with van der Waals surface area (Å²) in [7, 11) is -4.05. The van der Waals surface area contributed by atoms with Crippen molar-refractivity contribution in [2.75, 3.05) is 32.8 Å². The minimum atomic E-state index is -4.05. The SMILES string of the molecule is CC=CC(=O)OCC[N+](CC)(CC)CC(CC)S(=O)(=O)O.[OH-]. The van der Waals surface area contributed by atoms with Gasteiger partial charge in [-0.1, -0.05) is 13.0 Å². The lowest BCUT2D eigenvalue weighted by atomic mass is 10.2. The van der Waals surface area contributed by atoms with Gasteiger partial charge in [-0.2, -0.15) is 8.42 Å². The van der Waals surface area contributed by atoms with Gasteiger partial charge in [0.05, 0.1) is 19.6 Å². The van der Waals surface area contributed by atoms with Crippen molar-refractivity contribution in [3.05, 3.63) is 12.2 Å². The molecule has 22 heavy (non-hydrogen) atoms. The molecule has 0 aromatic carbocycles. The topological polar surface area (TPSA) is 111 Å². The number of nitrogens with zero attached hydrogens (tertiary/aromatic N) is 1. The van der Waals surface area contributed by atoms with E-state index in [4.69, 9.17) is 4.74 Å². The Morgan fingerprint density at radius 3 is 2.18 bits per heavy atom. The molecule has 8 heteroatoms. The van der Waals surface area contributed by atoms with Gasteiger partial charge in [-0.05, 0) is 27.2 Å². The fourth-order valence-electron chi connectivity index (χ4n) is 2.28. The van der Waals surface area contributed by atoms with E-state index in [9.17, 15) is 17.8 Å². The lowest BCUT2D eigenvalue weighted by Crippen LogP contribution is -2.55. The Balaban J connectivity index is 0. The molecule has 0 aromatic heterocycles. The first-order valence-corrected chi connectivity index (χ1v) is 8.85. The Kier molecular flexibility index (Phi) is 11.4. The van der Waals surface area contributed by atoms with Gasteiger partial charge < -0.3 is 14.7 Å². The zero-order valence-electron chi connectivity index (χ0n) is 13.9. The molecule has 0 radical (unpaired) electrons. The number of rotatable bonds is 10. The Hall–Kier alpha value is -0.960. The maximum absolute atomic E-state index is 11.4. The molecule has 0 aliphatic heterocycles. The van der Waals surface area contributed by atoms with Crippen LogP contribution in [0.4, 0.5) is 0 Å². The van der Waals surface area contributed by atoms with Crippen LogP contribution in [-0.2, 0) is 19.6 Å². The highest BCUT2D eigenvalue weighted by Crippen LogP contribution is 2.14. The summed E-state index contributed by atoms with van der Waals surface area (Å²) in [6.45, 7) is 9.91. The van der Waals surface area contributed by atoms with Gasteiger partial charge in [0, 0.05) is 6.08 Å². The van der Waals surface area contributed by atoms with Crippen molar-refractivity contribution in [1.29, 1.82) is 0 Å². The van der Waals surface area contributed by atoms with Crippen LogP contribution in [0, 0.1) is 0 Å². The summed E-state index contributed by atoms with van der Waals surface area (Å²) in [5, 5.41) is -0.788. The van der Waals surface area contributed by atoms with Gasteiger partial charge in [-0.15, -0.1) is 0 Å². The molecule has 132 valence electrons. The van der Waals surface area contributed by atoms with Crippen molar-refractivity contribution in [3.8, 4) is 0 Å². The smallest absolute Gasteiger partial charge is 0.330 e. The molecule has 7 nitrogen and oxygen atoms in total. The normalized spacial score (nSPS) is 13.7. The number of allylic oxidation sites excluding steroid dienone is 1. The van der Waals surface area contributed by atoms with Crippen LogP contribution in [0.2, 0.25) is 0 Å². The zero-order valence-corrected chi connectivity index (χ0v) is 14.7. The van der Waals surface area contributed by atoms with Gasteiger partial charge in [0.25, 0.3) is 10.1 Å². The van der Waals surface area contributed by atoms with Gasteiger partial charge >= 0.3 is 5.97 Å². The Labute approximate surface area is 133 Å². The van der Waals surface area contributed by atoms with E-state index >= 15 is 0 Å². The van der Waals surface area contributed by atoms with Crippen LogP contribution in [0.15, 0.2) is 12.2 Å². The van der Waals surface area contributed by atoms with Crippen molar-refractivity contribution in [2.24, 2.45) is 0 Å². The van der Waals surface area contributed by atoms with E-state index in [1.54, 1.807) is 19.9 Å². The minimum Gasteiger partial charge on any atom is -0.870 e. The van der Waals surface area contributed by atoms with Gasteiger partial charge in [0.1, 0.15) is 18.4 Å². The number of likely N-dealkylation sites (N-methyl/N-ethyl adjacent to an activating group) is 1. The molecule has 2 N–H and O–H groups in total. The minimum absolute atomic E-state index is 0. The fraction of sp³-hybridized carbons (Fsp3) is 0.786. The third-order valence-electron chi connectivity index (χ3n) is 3.92. The quantitative estimate of drug-likeness (QED) is 0.279. The highest BCUT2D eigenvalue weighted by Gasteiger charge is 2.33. The maximum Gasteiger partial charge on any atom is 0.330 e. The molecule has 0 aliphatic rings. The lowest BCUT2D eigenvalue weighted by molar-refractivity contribution is -0.924. The summed E-state index contributed by atoms with van der Waals surface area (Å²) in [5.41, 5.74) is 0. The first-order valence-electron chi connectivity index (χ1n) is 7.35. The van der Waals surface area contributed by atoms with E-state index in [0.717, 1.165) is 0 Å². The van der Waals surface area contributed by atoms with Gasteiger partial charge in [-0.3, -0.25) is 4.55 Å². The summed E-state index contributed by atoms with van der Waals surface area (Å²) in [4.78, 5) is 11.3. The number of carbonyl (C=O) groups excluding carboxylic acids is 1. The number of carbonyl (C=O) groups is 1. The molecular formula is C14H29NO6S. The Morgan fingerprint density at radius 2 is 1.82 bits per heavy atom. The number of hydrogen-bond donors (Lipinski definition) is 1. The molecular weight excluding hydrogens is 310 g/mol. The van der Waals surface area contributed by atoms with Gasteiger partial charge in [-0.25, -0.2) is 4.79 Å². The van der Waals surface area contributed by atoms with Crippen LogP contribution in [0.3, 0.4) is 0 Å². The molecule has 1 unspecified atom stereocenters. The molecule has 0 spiro atoms. The summed E-state index contributed by atoms with van der Waals surface area (Å²) in [5.74, 6) is -0.398. The first-order chi connectivity index (χ1) is 9.74. The molecule has 0 aliphatic carbocycles. The molecule has 0 fully saturated rings.